The summed E-state index contributed by atoms with van der Waals surface area (Å²) in [6.45, 7) is 5.32. The highest BCUT2D eigenvalue weighted by molar-refractivity contribution is 7.87. The van der Waals surface area contributed by atoms with Gasteiger partial charge in [0.1, 0.15) is 13.2 Å². The lowest BCUT2D eigenvalue weighted by molar-refractivity contribution is 0.350. The first kappa shape index (κ1) is 17.4. The Bertz CT molecular complexity index is 458. The van der Waals surface area contributed by atoms with E-state index in [0.717, 1.165) is 0 Å². The zero-order chi connectivity index (χ0) is 14.4. The summed E-state index contributed by atoms with van der Waals surface area (Å²) in [5, 5.41) is -1.28. The Kier molecular flexibility index (Phi) is 6.84. The molecule has 0 radical (unpaired) electrons. The van der Waals surface area contributed by atoms with Gasteiger partial charge in [0.25, 0.3) is 20.2 Å². The second-order valence-corrected chi connectivity index (χ2v) is 8.29. The van der Waals surface area contributed by atoms with Gasteiger partial charge >= 0.3 is 0 Å². The van der Waals surface area contributed by atoms with Crippen molar-refractivity contribution in [2.75, 3.05) is 13.2 Å². The van der Waals surface area contributed by atoms with E-state index in [2.05, 4.69) is 20.2 Å². The van der Waals surface area contributed by atoms with Gasteiger partial charge in [0.15, 0.2) is 0 Å². The molecule has 0 spiro atoms. The van der Waals surface area contributed by atoms with Crippen molar-refractivity contribution in [1.82, 2.24) is 0 Å². The molecule has 0 aromatic carbocycles. The van der Waals surface area contributed by atoms with E-state index in [4.69, 9.17) is 0 Å². The molecule has 106 valence electrons. The normalized spacial score (nSPS) is 12.6. The summed E-state index contributed by atoms with van der Waals surface area (Å²) in [5.41, 5.74) is 0. The summed E-state index contributed by atoms with van der Waals surface area (Å²) in [5.74, 6) is 4.73. The number of rotatable bonds is 6. The first-order valence-corrected chi connectivity index (χ1v) is 8.26. The molecule has 8 heteroatoms. The van der Waals surface area contributed by atoms with Crippen LogP contribution in [0.2, 0.25) is 0 Å². The summed E-state index contributed by atoms with van der Waals surface area (Å²) in [4.78, 5) is 0. The third kappa shape index (κ3) is 6.35. The van der Waals surface area contributed by atoms with Crippen LogP contribution in [0.25, 0.3) is 0 Å². The minimum absolute atomic E-state index is 0.314. The van der Waals surface area contributed by atoms with Crippen molar-refractivity contribution < 1.29 is 25.2 Å². The van der Waals surface area contributed by atoms with Gasteiger partial charge in [0.2, 0.25) is 0 Å². The minimum Gasteiger partial charge on any atom is -0.257 e. The second kappa shape index (κ2) is 7.09. The van der Waals surface area contributed by atoms with Crippen LogP contribution in [0.1, 0.15) is 27.7 Å². The Balaban J connectivity index is 4.11. The fourth-order valence-electron chi connectivity index (χ4n) is 0.597. The highest BCUT2D eigenvalue weighted by Crippen LogP contribution is 2.02. The molecule has 0 rings (SSSR count). The molecule has 0 aromatic rings. The van der Waals surface area contributed by atoms with Crippen LogP contribution in [-0.4, -0.2) is 40.5 Å². The van der Waals surface area contributed by atoms with Crippen molar-refractivity contribution in [3.63, 3.8) is 0 Å². The molecule has 0 aromatic heterocycles. The van der Waals surface area contributed by atoms with E-state index in [0.29, 0.717) is 0 Å². The van der Waals surface area contributed by atoms with Crippen molar-refractivity contribution >= 4 is 20.2 Å². The van der Waals surface area contributed by atoms with E-state index in [1.54, 1.807) is 0 Å². The summed E-state index contributed by atoms with van der Waals surface area (Å²) >= 11 is 0. The molecule has 0 aliphatic heterocycles. The van der Waals surface area contributed by atoms with Crippen LogP contribution in [0.4, 0.5) is 0 Å². The maximum absolute atomic E-state index is 11.2. The van der Waals surface area contributed by atoms with Crippen LogP contribution in [0.15, 0.2) is 0 Å². The van der Waals surface area contributed by atoms with Gasteiger partial charge in [-0.3, -0.25) is 8.37 Å². The van der Waals surface area contributed by atoms with E-state index >= 15 is 0 Å². The average Bonchev–Trinajstić information content (AvgIpc) is 2.22. The fraction of sp³-hybridized carbons (Fsp3) is 0.800. The predicted octanol–water partition coefficient (Wildman–Crippen LogP) is 0.499. The molecule has 0 bridgehead atoms. The standard InChI is InChI=1S/C10H18O6S2/c1-9(2)17(11,12)15-7-5-6-8-16-18(13,14)10(3)4/h9-10H,7-8H2,1-4H3. The van der Waals surface area contributed by atoms with E-state index in [1.807, 2.05) is 0 Å². The third-order valence-electron chi connectivity index (χ3n) is 1.87. The Hall–Kier alpha value is -0.620. The smallest absolute Gasteiger partial charge is 0.257 e. The molecular weight excluding hydrogens is 280 g/mol. The van der Waals surface area contributed by atoms with Crippen LogP contribution in [0.5, 0.6) is 0 Å². The van der Waals surface area contributed by atoms with E-state index < -0.39 is 30.7 Å². The molecule has 0 saturated heterocycles. The lowest BCUT2D eigenvalue weighted by Crippen LogP contribution is -2.18. The summed E-state index contributed by atoms with van der Waals surface area (Å²) in [6.07, 6.45) is 0. The molecule has 0 N–H and O–H groups in total. The topological polar surface area (TPSA) is 86.7 Å². The van der Waals surface area contributed by atoms with Crippen LogP contribution >= 0.6 is 0 Å². The third-order valence-corrected chi connectivity index (χ3v) is 5.07. The van der Waals surface area contributed by atoms with Gasteiger partial charge in [0, 0.05) is 0 Å². The molecule has 0 amide bonds. The first-order valence-electron chi connectivity index (χ1n) is 5.32. The highest BCUT2D eigenvalue weighted by Gasteiger charge is 2.16. The van der Waals surface area contributed by atoms with Crippen molar-refractivity contribution in [2.24, 2.45) is 0 Å². The Morgan fingerprint density at radius 1 is 0.778 bits per heavy atom. The van der Waals surface area contributed by atoms with E-state index in [1.165, 1.54) is 27.7 Å². The molecule has 0 fully saturated rings. The highest BCUT2D eigenvalue weighted by atomic mass is 32.2. The molecular formula is C10H18O6S2. The molecule has 6 nitrogen and oxygen atoms in total. The van der Waals surface area contributed by atoms with Gasteiger partial charge in [-0.1, -0.05) is 11.8 Å². The summed E-state index contributed by atoms with van der Waals surface area (Å²) < 4.78 is 53.9. The summed E-state index contributed by atoms with van der Waals surface area (Å²) in [7, 11) is -7.18. The van der Waals surface area contributed by atoms with Crippen LogP contribution < -0.4 is 0 Å². The van der Waals surface area contributed by atoms with E-state index in [9.17, 15) is 16.8 Å². The lowest BCUT2D eigenvalue weighted by atomic mass is 10.6. The SMILES string of the molecule is CC(C)S(=O)(=O)OCC#CCOS(=O)(=O)C(C)C. The van der Waals surface area contributed by atoms with Gasteiger partial charge in [-0.2, -0.15) is 16.8 Å². The monoisotopic (exact) mass is 298 g/mol. The van der Waals surface area contributed by atoms with Crippen molar-refractivity contribution in [1.29, 1.82) is 0 Å². The Morgan fingerprint density at radius 2 is 1.06 bits per heavy atom. The van der Waals surface area contributed by atoms with E-state index in [-0.39, 0.29) is 13.2 Å². The maximum atomic E-state index is 11.2. The van der Waals surface area contributed by atoms with Crippen LogP contribution in [0.3, 0.4) is 0 Å². The van der Waals surface area contributed by atoms with Gasteiger partial charge in [-0.15, -0.1) is 0 Å². The quantitative estimate of drug-likeness (QED) is 0.524. The molecule has 0 saturated carbocycles. The van der Waals surface area contributed by atoms with Crippen molar-refractivity contribution in [3.05, 3.63) is 0 Å². The zero-order valence-electron chi connectivity index (χ0n) is 10.8. The Labute approximate surface area is 109 Å². The average molecular weight is 298 g/mol. The number of hydrogen-bond donors (Lipinski definition) is 0. The lowest BCUT2D eigenvalue weighted by Gasteiger charge is -2.05. The van der Waals surface area contributed by atoms with Crippen LogP contribution in [-0.2, 0) is 28.6 Å². The van der Waals surface area contributed by atoms with Crippen LogP contribution in [0, 0.1) is 11.8 Å². The first-order chi connectivity index (χ1) is 8.09. The minimum atomic E-state index is -3.59. The van der Waals surface area contributed by atoms with Gasteiger partial charge in [-0.25, -0.2) is 0 Å². The maximum Gasteiger partial charge on any atom is 0.270 e. The van der Waals surface area contributed by atoms with Gasteiger partial charge in [-0.05, 0) is 27.7 Å². The van der Waals surface area contributed by atoms with Gasteiger partial charge < -0.3 is 0 Å². The largest absolute Gasteiger partial charge is 0.270 e. The Morgan fingerprint density at radius 3 is 1.28 bits per heavy atom. The predicted molar refractivity (Wildman–Crippen MR) is 67.8 cm³/mol. The molecule has 0 aliphatic carbocycles. The second-order valence-electron chi connectivity index (χ2n) is 3.96. The van der Waals surface area contributed by atoms with Gasteiger partial charge in [0.05, 0.1) is 10.5 Å². The summed E-state index contributed by atoms with van der Waals surface area (Å²) in [6, 6.07) is 0. The van der Waals surface area contributed by atoms with Crippen molar-refractivity contribution in [2.45, 2.75) is 38.2 Å². The number of hydrogen-bond acceptors (Lipinski definition) is 6. The molecule has 0 heterocycles. The van der Waals surface area contributed by atoms with Crippen molar-refractivity contribution in [3.8, 4) is 11.8 Å². The molecule has 18 heavy (non-hydrogen) atoms. The molecule has 0 aliphatic rings. The zero-order valence-corrected chi connectivity index (χ0v) is 12.5. The molecule has 0 unspecified atom stereocenters. The fourth-order valence-corrected chi connectivity index (χ4v) is 1.59. The molecule has 0 atom stereocenters.